The van der Waals surface area contributed by atoms with E-state index in [1.165, 1.54) is 51.4 Å². The molecule has 12 heavy (non-hydrogen) atoms. The fourth-order valence-corrected chi connectivity index (χ4v) is 1.44. The van der Waals surface area contributed by atoms with Crippen molar-refractivity contribution in [1.29, 1.82) is 0 Å². The summed E-state index contributed by atoms with van der Waals surface area (Å²) in [4.78, 5) is 0. The van der Waals surface area contributed by atoms with Gasteiger partial charge in [0.05, 0.1) is 0 Å². The Bertz CT molecular complexity index is 58.9. The predicted molar refractivity (Wildman–Crippen MR) is 54.8 cm³/mol. The average molecular weight is 180 g/mol. The predicted octanol–water partition coefficient (Wildman–Crippen LogP) is 0.678. The Morgan fingerprint density at radius 2 is 1.17 bits per heavy atom. The van der Waals surface area contributed by atoms with Crippen LogP contribution in [0.3, 0.4) is 0 Å². The number of unbranched alkanes of at least 4 members (excludes halogenated alkanes) is 7. The second kappa shape index (κ2) is 14.5. The molecule has 0 aliphatic carbocycles. The third-order valence-electron chi connectivity index (χ3n) is 2.00. The molecule has 0 amide bonds. The number of hydrogen-bond acceptors (Lipinski definition) is 1. The van der Waals surface area contributed by atoms with Gasteiger partial charge >= 0.3 is 18.9 Å². The van der Waals surface area contributed by atoms with E-state index in [-0.39, 0.29) is 18.9 Å². The van der Waals surface area contributed by atoms with Gasteiger partial charge in [-0.05, 0) is 0 Å². The molecule has 0 aromatic carbocycles. The van der Waals surface area contributed by atoms with Crippen LogP contribution in [-0.2, 0) is 12.6 Å². The molecule has 0 rings (SSSR count). The summed E-state index contributed by atoms with van der Waals surface area (Å²) in [6.07, 6.45) is 11.1. The second-order valence-electron chi connectivity index (χ2n) is 3.18. The minimum absolute atomic E-state index is 0. The zero-order chi connectivity index (χ0) is 8.36. The maximum Gasteiger partial charge on any atom is 1.00 e. The van der Waals surface area contributed by atoms with Crippen molar-refractivity contribution in [2.45, 2.75) is 58.3 Å². The first kappa shape index (κ1) is 15.4. The molecular formula is C10H21LiS. The van der Waals surface area contributed by atoms with Gasteiger partial charge in [0.15, 0.2) is 0 Å². The number of hydrogen-bond donors (Lipinski definition) is 0. The van der Waals surface area contributed by atoms with Crippen LogP contribution in [0.5, 0.6) is 0 Å². The summed E-state index contributed by atoms with van der Waals surface area (Å²) >= 11 is 4.87. The molecule has 0 radical (unpaired) electrons. The van der Waals surface area contributed by atoms with Crippen molar-refractivity contribution in [3.8, 4) is 0 Å². The van der Waals surface area contributed by atoms with Crippen LogP contribution < -0.4 is 18.9 Å². The molecule has 68 valence electrons. The maximum absolute atomic E-state index is 4.87. The Morgan fingerprint density at radius 3 is 1.58 bits per heavy atom. The molecule has 0 saturated carbocycles. The van der Waals surface area contributed by atoms with Crippen molar-refractivity contribution >= 4 is 12.6 Å². The average Bonchev–Trinajstić information content (AvgIpc) is 2.03. The van der Waals surface area contributed by atoms with Crippen molar-refractivity contribution in [3.63, 3.8) is 0 Å². The van der Waals surface area contributed by atoms with Gasteiger partial charge in [0.1, 0.15) is 0 Å². The van der Waals surface area contributed by atoms with E-state index in [9.17, 15) is 0 Å². The normalized spacial score (nSPS) is 9.50. The molecule has 0 aromatic heterocycles. The Morgan fingerprint density at radius 1 is 0.750 bits per heavy atom. The molecule has 0 N–H and O–H groups in total. The van der Waals surface area contributed by atoms with E-state index in [2.05, 4.69) is 6.92 Å². The van der Waals surface area contributed by atoms with E-state index >= 15 is 0 Å². The van der Waals surface area contributed by atoms with E-state index in [1.54, 1.807) is 0 Å². The molecule has 0 aromatic rings. The Balaban J connectivity index is 0. The Hall–Kier alpha value is 0.947. The zero-order valence-electron chi connectivity index (χ0n) is 8.77. The minimum atomic E-state index is 0. The third-order valence-corrected chi connectivity index (χ3v) is 2.29. The largest absolute Gasteiger partial charge is 1.00 e. The van der Waals surface area contributed by atoms with Crippen LogP contribution in [0, 0.1) is 0 Å². The molecule has 0 heterocycles. The summed E-state index contributed by atoms with van der Waals surface area (Å²) in [7, 11) is 0. The first-order chi connectivity index (χ1) is 5.41. The van der Waals surface area contributed by atoms with Gasteiger partial charge in [-0.3, -0.25) is 0 Å². The van der Waals surface area contributed by atoms with Crippen LogP contribution in [0.25, 0.3) is 0 Å². The fourth-order valence-electron chi connectivity index (χ4n) is 1.24. The van der Waals surface area contributed by atoms with Crippen molar-refractivity contribution in [2.75, 3.05) is 5.75 Å². The topological polar surface area (TPSA) is 0 Å². The molecule has 0 atom stereocenters. The van der Waals surface area contributed by atoms with Crippen LogP contribution >= 0.6 is 0 Å². The molecule has 0 aliphatic heterocycles. The zero-order valence-corrected chi connectivity index (χ0v) is 9.59. The SMILES string of the molecule is CCCCCCCCCC[S-].[Li+]. The quantitative estimate of drug-likeness (QED) is 0.301. The van der Waals surface area contributed by atoms with E-state index < -0.39 is 0 Å². The van der Waals surface area contributed by atoms with Gasteiger partial charge in [0, 0.05) is 0 Å². The van der Waals surface area contributed by atoms with Crippen LogP contribution in [0.1, 0.15) is 58.3 Å². The Kier molecular flexibility index (Phi) is 18.6. The molecular weight excluding hydrogens is 159 g/mol. The standard InChI is InChI=1S/C10H22S.Li/c1-2-3-4-5-6-7-8-9-10-11;/h11H,2-10H2,1H3;/q;+1/p-1. The summed E-state index contributed by atoms with van der Waals surface area (Å²) in [5.41, 5.74) is 0. The van der Waals surface area contributed by atoms with E-state index in [1.807, 2.05) is 0 Å². The van der Waals surface area contributed by atoms with Gasteiger partial charge in [-0.2, -0.15) is 5.75 Å². The van der Waals surface area contributed by atoms with Crippen molar-refractivity contribution < 1.29 is 18.9 Å². The van der Waals surface area contributed by atoms with Crippen molar-refractivity contribution in [3.05, 3.63) is 0 Å². The Labute approximate surface area is 95.5 Å². The first-order valence-corrected chi connectivity index (χ1v) is 5.57. The van der Waals surface area contributed by atoms with E-state index in [0.29, 0.717) is 0 Å². The smallest absolute Gasteiger partial charge is 0.793 e. The fraction of sp³-hybridized carbons (Fsp3) is 1.00. The molecule has 0 bridgehead atoms. The van der Waals surface area contributed by atoms with Gasteiger partial charge in [0.25, 0.3) is 0 Å². The summed E-state index contributed by atoms with van der Waals surface area (Å²) < 4.78 is 0. The molecule has 0 fully saturated rings. The van der Waals surface area contributed by atoms with Gasteiger partial charge in [-0.1, -0.05) is 58.3 Å². The summed E-state index contributed by atoms with van der Waals surface area (Å²) in [6, 6.07) is 0. The summed E-state index contributed by atoms with van der Waals surface area (Å²) in [5.74, 6) is 0.953. The summed E-state index contributed by atoms with van der Waals surface area (Å²) in [6.45, 7) is 2.26. The minimum Gasteiger partial charge on any atom is -0.793 e. The van der Waals surface area contributed by atoms with E-state index in [0.717, 1.165) is 5.75 Å². The van der Waals surface area contributed by atoms with Crippen LogP contribution in [0.4, 0.5) is 0 Å². The van der Waals surface area contributed by atoms with Crippen molar-refractivity contribution in [2.24, 2.45) is 0 Å². The van der Waals surface area contributed by atoms with Gasteiger partial charge < -0.3 is 12.6 Å². The number of rotatable bonds is 8. The van der Waals surface area contributed by atoms with Crippen LogP contribution in [0.15, 0.2) is 0 Å². The summed E-state index contributed by atoms with van der Waals surface area (Å²) in [5, 5.41) is 0. The van der Waals surface area contributed by atoms with Crippen molar-refractivity contribution in [1.82, 2.24) is 0 Å². The van der Waals surface area contributed by atoms with Crippen LogP contribution in [0.2, 0.25) is 0 Å². The van der Waals surface area contributed by atoms with Gasteiger partial charge in [0.2, 0.25) is 0 Å². The first-order valence-electron chi connectivity index (χ1n) is 5.00. The third kappa shape index (κ3) is 13.5. The molecule has 2 heteroatoms. The molecule has 0 spiro atoms. The van der Waals surface area contributed by atoms with E-state index in [4.69, 9.17) is 12.6 Å². The molecule has 0 saturated heterocycles. The molecule has 0 aliphatic rings. The van der Waals surface area contributed by atoms with Crippen LogP contribution in [-0.4, -0.2) is 5.75 Å². The maximum atomic E-state index is 4.87. The van der Waals surface area contributed by atoms with Gasteiger partial charge in [-0.15, -0.1) is 0 Å². The monoisotopic (exact) mass is 180 g/mol. The molecule has 0 unspecified atom stereocenters. The second-order valence-corrected chi connectivity index (χ2v) is 3.59. The van der Waals surface area contributed by atoms with Gasteiger partial charge in [-0.25, -0.2) is 0 Å². The molecule has 0 nitrogen and oxygen atoms in total.